The lowest BCUT2D eigenvalue weighted by Crippen LogP contribution is -2.13. The van der Waals surface area contributed by atoms with Crippen molar-refractivity contribution < 1.29 is 14.3 Å². The van der Waals surface area contributed by atoms with E-state index in [1.807, 2.05) is 6.92 Å². The summed E-state index contributed by atoms with van der Waals surface area (Å²) in [4.78, 5) is 12.4. The average molecular weight is 246 g/mol. The van der Waals surface area contributed by atoms with Crippen molar-refractivity contribution in [1.82, 2.24) is 0 Å². The third kappa shape index (κ3) is 1.46. The number of benzene rings is 1. The molecule has 0 amide bonds. The minimum atomic E-state index is -0.221. The maximum absolute atomic E-state index is 12.4. The molecule has 1 N–H and O–H groups in total. The van der Waals surface area contributed by atoms with E-state index in [-0.39, 0.29) is 22.7 Å². The van der Waals surface area contributed by atoms with E-state index in [4.69, 9.17) is 9.15 Å². The van der Waals surface area contributed by atoms with E-state index >= 15 is 0 Å². The van der Waals surface area contributed by atoms with Crippen molar-refractivity contribution in [1.29, 1.82) is 0 Å². The largest absolute Gasteiger partial charge is 0.507 e. The van der Waals surface area contributed by atoms with E-state index in [0.29, 0.717) is 23.3 Å². The van der Waals surface area contributed by atoms with Gasteiger partial charge in [0.05, 0.1) is 11.7 Å². The van der Waals surface area contributed by atoms with Crippen LogP contribution in [0.2, 0.25) is 0 Å². The van der Waals surface area contributed by atoms with E-state index in [9.17, 15) is 9.90 Å². The van der Waals surface area contributed by atoms with E-state index in [0.717, 1.165) is 12.0 Å². The lowest BCUT2D eigenvalue weighted by molar-refractivity contribution is 0.104. The fourth-order valence-electron chi connectivity index (χ4n) is 2.65. The van der Waals surface area contributed by atoms with Crippen LogP contribution in [-0.4, -0.2) is 12.2 Å². The molecule has 1 atom stereocenters. The SMILES string of the molecule is COC1CCc2oc3cc(C)cc(O)c3c(=O)c21. The summed E-state index contributed by atoms with van der Waals surface area (Å²) < 4.78 is 11.0. The van der Waals surface area contributed by atoms with Gasteiger partial charge >= 0.3 is 0 Å². The van der Waals surface area contributed by atoms with E-state index in [1.165, 1.54) is 0 Å². The topological polar surface area (TPSA) is 59.7 Å². The second-order valence-electron chi connectivity index (χ2n) is 4.69. The summed E-state index contributed by atoms with van der Waals surface area (Å²) in [6, 6.07) is 3.35. The Balaban J connectivity index is 2.41. The Morgan fingerprint density at radius 1 is 1.44 bits per heavy atom. The summed E-state index contributed by atoms with van der Waals surface area (Å²) in [5.41, 5.74) is 1.70. The molecule has 1 aliphatic rings. The average Bonchev–Trinajstić information content (AvgIpc) is 2.71. The predicted molar refractivity (Wildman–Crippen MR) is 67.0 cm³/mol. The molecule has 1 aromatic heterocycles. The second-order valence-corrected chi connectivity index (χ2v) is 4.69. The van der Waals surface area contributed by atoms with Gasteiger partial charge in [-0.3, -0.25) is 4.79 Å². The summed E-state index contributed by atoms with van der Waals surface area (Å²) in [7, 11) is 1.58. The molecule has 0 saturated heterocycles. The van der Waals surface area contributed by atoms with Gasteiger partial charge in [0.25, 0.3) is 0 Å². The van der Waals surface area contributed by atoms with Gasteiger partial charge in [-0.25, -0.2) is 0 Å². The van der Waals surface area contributed by atoms with E-state index in [2.05, 4.69) is 0 Å². The Hall–Kier alpha value is -1.81. The molecule has 3 rings (SSSR count). The first-order chi connectivity index (χ1) is 8.61. The summed E-state index contributed by atoms with van der Waals surface area (Å²) in [6.07, 6.45) is 1.23. The lowest BCUT2D eigenvalue weighted by Gasteiger charge is -2.09. The third-order valence-corrected chi connectivity index (χ3v) is 3.47. The smallest absolute Gasteiger partial charge is 0.202 e. The van der Waals surface area contributed by atoms with Gasteiger partial charge in [-0.15, -0.1) is 0 Å². The van der Waals surface area contributed by atoms with Crippen LogP contribution in [0.25, 0.3) is 11.0 Å². The van der Waals surface area contributed by atoms with Gasteiger partial charge < -0.3 is 14.3 Å². The van der Waals surface area contributed by atoms with Gasteiger partial charge in [-0.1, -0.05) is 0 Å². The number of ether oxygens (including phenoxy) is 1. The van der Waals surface area contributed by atoms with Crippen molar-refractivity contribution in [3.8, 4) is 5.75 Å². The van der Waals surface area contributed by atoms with Crippen molar-refractivity contribution >= 4 is 11.0 Å². The number of hydrogen-bond acceptors (Lipinski definition) is 4. The van der Waals surface area contributed by atoms with Crippen LogP contribution in [0.1, 0.15) is 29.4 Å². The van der Waals surface area contributed by atoms with Gasteiger partial charge in [-0.05, 0) is 31.0 Å². The van der Waals surface area contributed by atoms with Crippen molar-refractivity contribution in [2.45, 2.75) is 25.9 Å². The van der Waals surface area contributed by atoms with Gasteiger partial charge in [0.15, 0.2) is 0 Å². The van der Waals surface area contributed by atoms with Crippen LogP contribution in [0.3, 0.4) is 0 Å². The molecule has 2 aromatic rings. The van der Waals surface area contributed by atoms with Crippen LogP contribution < -0.4 is 5.43 Å². The molecule has 18 heavy (non-hydrogen) atoms. The molecule has 4 nitrogen and oxygen atoms in total. The minimum absolute atomic E-state index is 0.0247. The highest BCUT2D eigenvalue weighted by Crippen LogP contribution is 2.35. The molecule has 1 aliphatic carbocycles. The highest BCUT2D eigenvalue weighted by molar-refractivity contribution is 5.84. The Bertz CT molecular complexity index is 684. The van der Waals surface area contributed by atoms with Crippen molar-refractivity contribution in [2.24, 2.45) is 0 Å². The molecule has 0 fully saturated rings. The third-order valence-electron chi connectivity index (χ3n) is 3.47. The highest BCUT2D eigenvalue weighted by atomic mass is 16.5. The highest BCUT2D eigenvalue weighted by Gasteiger charge is 2.29. The Morgan fingerprint density at radius 2 is 2.22 bits per heavy atom. The quantitative estimate of drug-likeness (QED) is 0.839. The molecule has 1 heterocycles. The molecule has 0 radical (unpaired) electrons. The van der Waals surface area contributed by atoms with E-state index in [1.54, 1.807) is 19.2 Å². The molecular weight excluding hydrogens is 232 g/mol. The second kappa shape index (κ2) is 3.85. The van der Waals surface area contributed by atoms with Crippen molar-refractivity contribution in [3.63, 3.8) is 0 Å². The predicted octanol–water partition coefficient (Wildman–Crippen LogP) is 2.44. The van der Waals surface area contributed by atoms with Gasteiger partial charge in [0, 0.05) is 13.5 Å². The van der Waals surface area contributed by atoms with Crippen LogP contribution in [0.5, 0.6) is 5.75 Å². The summed E-state index contributed by atoms with van der Waals surface area (Å²) in [5, 5.41) is 10.2. The van der Waals surface area contributed by atoms with Crippen LogP contribution in [0.4, 0.5) is 0 Å². The lowest BCUT2D eigenvalue weighted by atomic mass is 10.1. The van der Waals surface area contributed by atoms with Gasteiger partial charge in [-0.2, -0.15) is 0 Å². The number of phenolic OH excluding ortho intramolecular Hbond substituents is 1. The normalized spacial score (nSPS) is 18.2. The molecule has 94 valence electrons. The molecular formula is C14H14O4. The summed E-state index contributed by atoms with van der Waals surface area (Å²) in [6.45, 7) is 1.85. The summed E-state index contributed by atoms with van der Waals surface area (Å²) >= 11 is 0. The van der Waals surface area contributed by atoms with Crippen molar-refractivity contribution in [2.75, 3.05) is 7.11 Å². The van der Waals surface area contributed by atoms with Gasteiger partial charge in [0.1, 0.15) is 22.5 Å². The number of aromatic hydroxyl groups is 1. The van der Waals surface area contributed by atoms with Crippen LogP contribution in [-0.2, 0) is 11.2 Å². The maximum atomic E-state index is 12.4. The first-order valence-electron chi connectivity index (χ1n) is 5.94. The zero-order valence-corrected chi connectivity index (χ0v) is 10.3. The minimum Gasteiger partial charge on any atom is -0.507 e. The first-order valence-corrected chi connectivity index (χ1v) is 5.94. The molecule has 1 aromatic carbocycles. The molecule has 1 unspecified atom stereocenters. The molecule has 0 aliphatic heterocycles. The Labute approximate surface area is 104 Å². The number of fused-ring (bicyclic) bond motifs is 2. The number of aryl methyl sites for hydroxylation is 2. The molecule has 0 saturated carbocycles. The fraction of sp³-hybridized carbons (Fsp3) is 0.357. The van der Waals surface area contributed by atoms with Crippen LogP contribution in [0.15, 0.2) is 21.3 Å². The fourth-order valence-corrected chi connectivity index (χ4v) is 2.65. The van der Waals surface area contributed by atoms with Gasteiger partial charge in [0.2, 0.25) is 5.43 Å². The number of methoxy groups -OCH3 is 1. The van der Waals surface area contributed by atoms with Crippen LogP contribution in [0, 0.1) is 6.92 Å². The zero-order valence-electron chi connectivity index (χ0n) is 10.3. The standard InChI is InChI=1S/C14H14O4/c1-7-5-8(15)12-11(6-7)18-10-4-3-9(17-2)13(10)14(12)16/h5-6,9,15H,3-4H2,1-2H3. The Kier molecular flexibility index (Phi) is 2.41. The molecule has 4 heteroatoms. The first kappa shape index (κ1) is 11.3. The Morgan fingerprint density at radius 3 is 2.94 bits per heavy atom. The number of hydrogen-bond donors (Lipinski definition) is 1. The number of phenols is 1. The maximum Gasteiger partial charge on any atom is 0.202 e. The van der Waals surface area contributed by atoms with Crippen molar-refractivity contribution in [3.05, 3.63) is 39.2 Å². The molecule has 0 spiro atoms. The zero-order chi connectivity index (χ0) is 12.9. The number of rotatable bonds is 1. The van der Waals surface area contributed by atoms with E-state index < -0.39 is 0 Å². The summed E-state index contributed by atoms with van der Waals surface area (Å²) in [5.74, 6) is 0.660. The monoisotopic (exact) mass is 246 g/mol. The molecule has 0 bridgehead atoms. The van der Waals surface area contributed by atoms with Crippen LogP contribution >= 0.6 is 0 Å².